The van der Waals surface area contributed by atoms with Gasteiger partial charge in [-0.3, -0.25) is 10.2 Å². The smallest absolute Gasteiger partial charge is 0.277 e. The van der Waals surface area contributed by atoms with E-state index in [1.165, 1.54) is 16.2 Å². The molecule has 1 aliphatic rings. The molecule has 0 aliphatic heterocycles. The number of rotatable bonds is 5. The summed E-state index contributed by atoms with van der Waals surface area (Å²) in [6.45, 7) is 0. The molecule has 0 saturated heterocycles. The van der Waals surface area contributed by atoms with Gasteiger partial charge in [0.1, 0.15) is 9.88 Å². The Morgan fingerprint density at radius 3 is 2.80 bits per heavy atom. The number of nitrogens with one attached hydrogen (secondary N) is 1. The lowest BCUT2D eigenvalue weighted by Crippen LogP contribution is -2.30. The molecule has 3 rings (SSSR count). The van der Waals surface area contributed by atoms with Crippen LogP contribution >= 0.6 is 23.1 Å². The molecule has 6 heteroatoms. The van der Waals surface area contributed by atoms with Gasteiger partial charge in [-0.1, -0.05) is 18.2 Å². The van der Waals surface area contributed by atoms with Crippen molar-refractivity contribution in [2.45, 2.75) is 29.4 Å². The number of aromatic nitrogens is 1. The lowest BCUT2D eigenvalue weighted by Gasteiger charge is -1.97. The number of hydrogen-bond donors (Lipinski definition) is 2. The average molecular weight is 305 g/mol. The fourth-order valence-electron chi connectivity index (χ4n) is 1.96. The van der Waals surface area contributed by atoms with Gasteiger partial charge in [0.25, 0.3) is 5.91 Å². The van der Waals surface area contributed by atoms with E-state index < -0.39 is 0 Å². The van der Waals surface area contributed by atoms with E-state index in [0.717, 1.165) is 29.3 Å². The summed E-state index contributed by atoms with van der Waals surface area (Å²) in [7, 11) is 0. The van der Waals surface area contributed by atoms with Crippen LogP contribution in [0.1, 0.15) is 39.1 Å². The molecule has 1 saturated carbocycles. The summed E-state index contributed by atoms with van der Waals surface area (Å²) in [5, 5.41) is 0.986. The number of carbonyl (C=O) groups excluding carboxylic acids is 1. The number of hydrazine groups is 1. The Balaban J connectivity index is 1.75. The highest BCUT2D eigenvalue weighted by Crippen LogP contribution is 2.43. The van der Waals surface area contributed by atoms with Crippen molar-refractivity contribution in [1.29, 1.82) is 0 Å². The molecule has 0 atom stereocenters. The molecule has 2 aromatic rings. The lowest BCUT2D eigenvalue weighted by atomic mass is 10.2. The number of amides is 1. The van der Waals surface area contributed by atoms with Crippen LogP contribution in [-0.4, -0.2) is 10.9 Å². The normalized spacial score (nSPS) is 14.2. The lowest BCUT2D eigenvalue weighted by molar-refractivity contribution is 0.0956. The van der Waals surface area contributed by atoms with Crippen molar-refractivity contribution in [3.8, 4) is 0 Å². The van der Waals surface area contributed by atoms with Crippen LogP contribution in [0.2, 0.25) is 0 Å². The molecule has 1 heterocycles. The van der Waals surface area contributed by atoms with Crippen LogP contribution in [0, 0.1) is 0 Å². The van der Waals surface area contributed by atoms with Gasteiger partial charge in [0.05, 0.1) is 11.4 Å². The first kappa shape index (κ1) is 13.6. The number of thiazole rings is 1. The average Bonchev–Trinajstić information content (AvgIpc) is 3.25. The van der Waals surface area contributed by atoms with Gasteiger partial charge in [-0.05, 0) is 25.0 Å². The predicted octanol–water partition coefficient (Wildman–Crippen LogP) is 2.92. The number of benzene rings is 1. The zero-order valence-electron chi connectivity index (χ0n) is 10.8. The van der Waals surface area contributed by atoms with E-state index in [4.69, 9.17) is 5.84 Å². The maximum absolute atomic E-state index is 11.8. The van der Waals surface area contributed by atoms with Gasteiger partial charge in [0.15, 0.2) is 0 Å². The molecule has 1 aromatic carbocycles. The van der Waals surface area contributed by atoms with Crippen LogP contribution in [0.3, 0.4) is 0 Å². The summed E-state index contributed by atoms with van der Waals surface area (Å²) >= 11 is 3.19. The van der Waals surface area contributed by atoms with E-state index in [1.807, 2.05) is 18.2 Å². The van der Waals surface area contributed by atoms with Gasteiger partial charge < -0.3 is 0 Å². The Morgan fingerprint density at radius 1 is 1.40 bits per heavy atom. The van der Waals surface area contributed by atoms with Gasteiger partial charge in [0, 0.05) is 10.8 Å². The molecular weight excluding hydrogens is 290 g/mol. The topological polar surface area (TPSA) is 68.0 Å². The first-order valence-corrected chi connectivity index (χ1v) is 8.26. The largest absolute Gasteiger partial charge is 0.289 e. The van der Waals surface area contributed by atoms with E-state index in [2.05, 4.69) is 22.5 Å². The Hall–Kier alpha value is -1.37. The molecular formula is C14H15N3OS2. The van der Waals surface area contributed by atoms with Gasteiger partial charge in [-0.25, -0.2) is 10.8 Å². The molecule has 4 nitrogen and oxygen atoms in total. The van der Waals surface area contributed by atoms with Crippen LogP contribution < -0.4 is 11.3 Å². The Morgan fingerprint density at radius 2 is 2.15 bits per heavy atom. The minimum atomic E-state index is -0.222. The molecule has 3 N–H and O–H groups in total. The van der Waals surface area contributed by atoms with Gasteiger partial charge in [-0.15, -0.1) is 23.1 Å². The third-order valence-electron chi connectivity index (χ3n) is 3.10. The number of hydrogen-bond acceptors (Lipinski definition) is 5. The second-order valence-electron chi connectivity index (χ2n) is 4.67. The monoisotopic (exact) mass is 305 g/mol. The zero-order chi connectivity index (χ0) is 13.9. The van der Waals surface area contributed by atoms with E-state index >= 15 is 0 Å². The van der Waals surface area contributed by atoms with Gasteiger partial charge in [-0.2, -0.15) is 0 Å². The minimum absolute atomic E-state index is 0.222. The Kier molecular flexibility index (Phi) is 4.05. The van der Waals surface area contributed by atoms with E-state index in [-0.39, 0.29) is 5.91 Å². The van der Waals surface area contributed by atoms with Crippen molar-refractivity contribution in [2.24, 2.45) is 5.84 Å². The van der Waals surface area contributed by atoms with Crippen molar-refractivity contribution >= 4 is 29.0 Å². The molecule has 0 radical (unpaired) electrons. The van der Waals surface area contributed by atoms with Crippen molar-refractivity contribution in [2.75, 3.05) is 0 Å². The standard InChI is InChI=1S/C14H15N3OS2/c15-17-14(18)13-12(9-6-7-9)16-11(20-13)8-19-10-4-2-1-3-5-10/h1-5,9H,6-8,15H2,(H,17,18). The summed E-state index contributed by atoms with van der Waals surface area (Å²) < 4.78 is 0. The minimum Gasteiger partial charge on any atom is -0.289 e. The highest BCUT2D eigenvalue weighted by atomic mass is 32.2. The molecule has 0 unspecified atom stereocenters. The number of nitrogen functional groups attached to an aromatic ring is 1. The van der Waals surface area contributed by atoms with Crippen LogP contribution in [0.5, 0.6) is 0 Å². The fourth-order valence-corrected chi connectivity index (χ4v) is 3.93. The first-order valence-electron chi connectivity index (χ1n) is 6.46. The van der Waals surface area contributed by atoms with Crippen molar-refractivity contribution in [3.63, 3.8) is 0 Å². The molecule has 0 bridgehead atoms. The SMILES string of the molecule is NNC(=O)c1sc(CSc2ccccc2)nc1C1CC1. The number of nitrogens with two attached hydrogens (primary N) is 1. The highest BCUT2D eigenvalue weighted by molar-refractivity contribution is 7.98. The second kappa shape index (κ2) is 5.95. The molecule has 1 fully saturated rings. The highest BCUT2D eigenvalue weighted by Gasteiger charge is 2.31. The van der Waals surface area contributed by atoms with Gasteiger partial charge in [0.2, 0.25) is 0 Å². The molecule has 1 aromatic heterocycles. The van der Waals surface area contributed by atoms with Crippen LogP contribution in [0.15, 0.2) is 35.2 Å². The second-order valence-corrected chi connectivity index (χ2v) is 6.80. The predicted molar refractivity (Wildman–Crippen MR) is 81.7 cm³/mol. The van der Waals surface area contributed by atoms with Crippen LogP contribution in [0.4, 0.5) is 0 Å². The molecule has 1 amide bonds. The third-order valence-corrected chi connectivity index (χ3v) is 5.38. The first-order chi connectivity index (χ1) is 9.78. The summed E-state index contributed by atoms with van der Waals surface area (Å²) in [4.78, 5) is 18.3. The van der Waals surface area contributed by atoms with Crippen molar-refractivity contribution in [1.82, 2.24) is 10.4 Å². The zero-order valence-corrected chi connectivity index (χ0v) is 12.5. The molecule has 1 aliphatic carbocycles. The number of nitrogens with zero attached hydrogens (tertiary/aromatic N) is 1. The maximum atomic E-state index is 11.8. The molecule has 0 spiro atoms. The quantitative estimate of drug-likeness (QED) is 0.386. The van der Waals surface area contributed by atoms with E-state index in [9.17, 15) is 4.79 Å². The van der Waals surface area contributed by atoms with Gasteiger partial charge >= 0.3 is 0 Å². The van der Waals surface area contributed by atoms with Crippen LogP contribution in [-0.2, 0) is 5.75 Å². The van der Waals surface area contributed by atoms with E-state index in [0.29, 0.717) is 10.8 Å². The number of thioether (sulfide) groups is 1. The third kappa shape index (κ3) is 3.03. The number of carbonyl (C=O) groups is 1. The Bertz CT molecular complexity index is 608. The summed E-state index contributed by atoms with van der Waals surface area (Å²) in [5.74, 6) is 6.26. The maximum Gasteiger partial charge on any atom is 0.277 e. The Labute approximate surface area is 125 Å². The van der Waals surface area contributed by atoms with Crippen LogP contribution in [0.25, 0.3) is 0 Å². The van der Waals surface area contributed by atoms with Crippen molar-refractivity contribution < 1.29 is 4.79 Å². The van der Waals surface area contributed by atoms with E-state index in [1.54, 1.807) is 11.8 Å². The summed E-state index contributed by atoms with van der Waals surface area (Å²) in [6, 6.07) is 10.2. The summed E-state index contributed by atoms with van der Waals surface area (Å²) in [6.07, 6.45) is 2.25. The molecule has 104 valence electrons. The molecule has 20 heavy (non-hydrogen) atoms. The van der Waals surface area contributed by atoms with Crippen molar-refractivity contribution in [3.05, 3.63) is 45.9 Å². The fraction of sp³-hybridized carbons (Fsp3) is 0.286. The summed E-state index contributed by atoms with van der Waals surface area (Å²) in [5.41, 5.74) is 3.15.